The van der Waals surface area contributed by atoms with Crippen molar-refractivity contribution >= 4 is 24.0 Å². The van der Waals surface area contributed by atoms with Crippen molar-refractivity contribution in [2.24, 2.45) is 0 Å². The first-order chi connectivity index (χ1) is 14.1. The summed E-state index contributed by atoms with van der Waals surface area (Å²) in [6, 6.07) is 5.92. The highest BCUT2D eigenvalue weighted by atomic mass is 19.1. The minimum absolute atomic E-state index is 0.00385. The molecule has 164 valence electrons. The number of nitrogens with one attached hydrogen (secondary N) is 2. The van der Waals surface area contributed by atoms with Gasteiger partial charge in [0.05, 0.1) is 0 Å². The summed E-state index contributed by atoms with van der Waals surface area (Å²) < 4.78 is 18.0. The first kappa shape index (κ1) is 23.4. The Labute approximate surface area is 176 Å². The summed E-state index contributed by atoms with van der Waals surface area (Å²) in [6.07, 6.45) is 4.10. The summed E-state index contributed by atoms with van der Waals surface area (Å²) in [4.78, 5) is 37.6. The maximum absolute atomic E-state index is 12.9. The van der Waals surface area contributed by atoms with Crippen molar-refractivity contribution in [2.75, 3.05) is 19.6 Å². The van der Waals surface area contributed by atoms with E-state index in [2.05, 4.69) is 10.6 Å². The van der Waals surface area contributed by atoms with E-state index in [9.17, 15) is 18.8 Å². The lowest BCUT2D eigenvalue weighted by Crippen LogP contribution is -2.46. The molecule has 0 aromatic heterocycles. The second-order valence-electron chi connectivity index (χ2n) is 8.23. The van der Waals surface area contributed by atoms with Crippen molar-refractivity contribution in [3.8, 4) is 0 Å². The van der Waals surface area contributed by atoms with E-state index < -0.39 is 11.7 Å². The summed E-state index contributed by atoms with van der Waals surface area (Å²) in [6.45, 7) is 6.62. The molecule has 1 heterocycles. The molecule has 0 spiro atoms. The van der Waals surface area contributed by atoms with Crippen LogP contribution in [0.15, 0.2) is 30.3 Å². The summed E-state index contributed by atoms with van der Waals surface area (Å²) in [5.41, 5.74) is 0.179. The predicted octanol–water partition coefficient (Wildman–Crippen LogP) is 2.86. The van der Waals surface area contributed by atoms with Gasteiger partial charge in [-0.1, -0.05) is 12.1 Å². The molecule has 1 saturated heterocycles. The van der Waals surface area contributed by atoms with Crippen LogP contribution >= 0.6 is 0 Å². The molecule has 8 heteroatoms. The highest BCUT2D eigenvalue weighted by Gasteiger charge is 2.23. The van der Waals surface area contributed by atoms with E-state index in [1.165, 1.54) is 18.2 Å². The van der Waals surface area contributed by atoms with Crippen molar-refractivity contribution in [2.45, 2.75) is 51.7 Å². The normalized spacial score (nSPS) is 15.1. The molecule has 1 aromatic carbocycles. The molecule has 0 radical (unpaired) electrons. The molecule has 3 amide bonds. The molecular weight excluding hydrogens is 389 g/mol. The fraction of sp³-hybridized carbons (Fsp3) is 0.500. The van der Waals surface area contributed by atoms with E-state index in [0.29, 0.717) is 25.9 Å². The van der Waals surface area contributed by atoms with Gasteiger partial charge in [-0.3, -0.25) is 9.59 Å². The van der Waals surface area contributed by atoms with Crippen LogP contribution in [0.5, 0.6) is 0 Å². The fourth-order valence-electron chi connectivity index (χ4n) is 2.98. The Morgan fingerprint density at radius 1 is 1.17 bits per heavy atom. The third kappa shape index (κ3) is 8.63. The zero-order valence-electron chi connectivity index (χ0n) is 17.7. The Hall–Kier alpha value is -2.90. The third-order valence-electron chi connectivity index (χ3n) is 4.48. The number of ether oxygens (including phenoxy) is 1. The summed E-state index contributed by atoms with van der Waals surface area (Å²) in [7, 11) is 0. The van der Waals surface area contributed by atoms with Crippen LogP contribution in [-0.2, 0) is 14.3 Å². The minimum atomic E-state index is -0.577. The van der Waals surface area contributed by atoms with E-state index in [1.807, 2.05) is 0 Å². The van der Waals surface area contributed by atoms with E-state index in [4.69, 9.17) is 4.74 Å². The van der Waals surface area contributed by atoms with Gasteiger partial charge in [0.25, 0.3) is 0 Å². The van der Waals surface area contributed by atoms with Crippen LogP contribution in [0.3, 0.4) is 0 Å². The first-order valence-electron chi connectivity index (χ1n) is 10.1. The molecular formula is C22H30FN3O4. The second kappa shape index (κ2) is 10.8. The smallest absolute Gasteiger partial charge is 0.407 e. The predicted molar refractivity (Wildman–Crippen MR) is 112 cm³/mol. The maximum Gasteiger partial charge on any atom is 0.407 e. The van der Waals surface area contributed by atoms with Crippen LogP contribution in [0.4, 0.5) is 9.18 Å². The Morgan fingerprint density at radius 2 is 1.80 bits per heavy atom. The second-order valence-corrected chi connectivity index (χ2v) is 8.23. The lowest BCUT2D eigenvalue weighted by Gasteiger charge is -2.31. The van der Waals surface area contributed by atoms with Crippen molar-refractivity contribution in [1.29, 1.82) is 0 Å². The van der Waals surface area contributed by atoms with Crippen LogP contribution in [0.25, 0.3) is 6.08 Å². The lowest BCUT2D eigenvalue weighted by molar-refractivity contribution is -0.127. The van der Waals surface area contributed by atoms with E-state index in [0.717, 1.165) is 5.56 Å². The van der Waals surface area contributed by atoms with Gasteiger partial charge in [-0.15, -0.1) is 0 Å². The molecule has 0 bridgehead atoms. The molecule has 0 unspecified atom stereocenters. The van der Waals surface area contributed by atoms with Crippen molar-refractivity contribution in [3.05, 3.63) is 41.7 Å². The molecule has 2 rings (SSSR count). The van der Waals surface area contributed by atoms with Gasteiger partial charge in [0.1, 0.15) is 11.4 Å². The molecule has 0 aliphatic carbocycles. The number of nitrogens with zero attached hydrogens (tertiary/aromatic N) is 1. The Kier molecular flexibility index (Phi) is 8.38. The Balaban J connectivity index is 1.66. The topological polar surface area (TPSA) is 87.7 Å². The number of alkyl carbamates (subject to hydrolysis) is 1. The van der Waals surface area contributed by atoms with Crippen LogP contribution in [-0.4, -0.2) is 54.1 Å². The van der Waals surface area contributed by atoms with Gasteiger partial charge in [0.2, 0.25) is 11.8 Å². The number of carbonyl (C=O) groups is 3. The molecule has 30 heavy (non-hydrogen) atoms. The maximum atomic E-state index is 12.9. The summed E-state index contributed by atoms with van der Waals surface area (Å²) >= 11 is 0. The first-order valence-corrected chi connectivity index (χ1v) is 10.1. The zero-order chi connectivity index (χ0) is 22.1. The van der Waals surface area contributed by atoms with Crippen LogP contribution in [0.2, 0.25) is 0 Å². The van der Waals surface area contributed by atoms with Crippen molar-refractivity contribution in [1.82, 2.24) is 15.5 Å². The van der Waals surface area contributed by atoms with Crippen molar-refractivity contribution < 1.29 is 23.5 Å². The Morgan fingerprint density at radius 3 is 2.40 bits per heavy atom. The highest BCUT2D eigenvalue weighted by molar-refractivity contribution is 5.91. The average Bonchev–Trinajstić information content (AvgIpc) is 2.66. The van der Waals surface area contributed by atoms with Gasteiger partial charge in [-0.05, 0) is 57.4 Å². The van der Waals surface area contributed by atoms with Crippen LogP contribution in [0.1, 0.15) is 45.6 Å². The number of benzene rings is 1. The third-order valence-corrected chi connectivity index (χ3v) is 4.48. The quantitative estimate of drug-likeness (QED) is 0.694. The van der Waals surface area contributed by atoms with Gasteiger partial charge in [-0.2, -0.15) is 0 Å². The van der Waals surface area contributed by atoms with Gasteiger partial charge >= 0.3 is 6.09 Å². The molecule has 1 aliphatic heterocycles. The van der Waals surface area contributed by atoms with E-state index in [-0.39, 0.29) is 36.6 Å². The SMILES string of the molecule is CC(C)(C)OC(=O)NCCC(=O)NC1CCN(C(=O)/C=C/c2ccc(F)cc2)CC1. The standard InChI is InChI=1S/C22H30FN3O4/c1-22(2,3)30-21(29)24-13-10-19(27)25-18-11-14-26(15-12-18)20(28)9-6-16-4-7-17(23)8-5-16/h4-9,18H,10-15H2,1-3H3,(H,24,29)(H,25,27)/b9-6+. The fourth-order valence-corrected chi connectivity index (χ4v) is 2.98. The number of rotatable bonds is 6. The molecule has 2 N–H and O–H groups in total. The molecule has 1 fully saturated rings. The molecule has 0 atom stereocenters. The number of hydrogen-bond acceptors (Lipinski definition) is 4. The monoisotopic (exact) mass is 419 g/mol. The number of hydrogen-bond donors (Lipinski definition) is 2. The van der Waals surface area contributed by atoms with Gasteiger partial charge in [0, 0.05) is 38.2 Å². The average molecular weight is 419 g/mol. The number of likely N-dealkylation sites (tertiary alicyclic amines) is 1. The lowest BCUT2D eigenvalue weighted by atomic mass is 10.0. The van der Waals surface area contributed by atoms with E-state index >= 15 is 0 Å². The molecule has 1 aromatic rings. The number of amides is 3. The minimum Gasteiger partial charge on any atom is -0.444 e. The van der Waals surface area contributed by atoms with Crippen molar-refractivity contribution in [3.63, 3.8) is 0 Å². The molecule has 0 saturated carbocycles. The number of halogens is 1. The number of carbonyl (C=O) groups excluding carboxylic acids is 3. The van der Waals surface area contributed by atoms with Crippen LogP contribution in [0, 0.1) is 5.82 Å². The van der Waals surface area contributed by atoms with Gasteiger partial charge in [-0.25, -0.2) is 9.18 Å². The highest BCUT2D eigenvalue weighted by Crippen LogP contribution is 2.12. The molecule has 1 aliphatic rings. The van der Waals surface area contributed by atoms with Crippen LogP contribution < -0.4 is 10.6 Å². The molecule has 7 nitrogen and oxygen atoms in total. The van der Waals surface area contributed by atoms with Gasteiger partial charge < -0.3 is 20.3 Å². The summed E-state index contributed by atoms with van der Waals surface area (Å²) in [5.74, 6) is -0.569. The van der Waals surface area contributed by atoms with Gasteiger partial charge in [0.15, 0.2) is 0 Å². The van der Waals surface area contributed by atoms with E-state index in [1.54, 1.807) is 43.9 Å². The summed E-state index contributed by atoms with van der Waals surface area (Å²) in [5, 5.41) is 5.50. The number of piperidine rings is 1. The zero-order valence-corrected chi connectivity index (χ0v) is 17.7. The largest absolute Gasteiger partial charge is 0.444 e. The Bertz CT molecular complexity index is 764.